The molecule has 0 aliphatic carbocycles. The Kier molecular flexibility index (Phi) is 5.33. The van der Waals surface area contributed by atoms with Crippen LogP contribution in [0.2, 0.25) is 0 Å². The van der Waals surface area contributed by atoms with E-state index in [0.29, 0.717) is 57.4 Å². The summed E-state index contributed by atoms with van der Waals surface area (Å²) in [5.41, 5.74) is 0. The Morgan fingerprint density at radius 3 is 2.64 bits per heavy atom. The molecule has 9 heteroatoms. The molecule has 0 saturated carbocycles. The number of nitrogens with zero attached hydrogens (tertiary/aromatic N) is 2. The number of amides is 1. The second-order valence-corrected chi connectivity index (χ2v) is 7.69. The average Bonchev–Trinajstić information content (AvgIpc) is 2.88. The molecule has 3 rings (SSSR count). The van der Waals surface area contributed by atoms with Crippen LogP contribution in [-0.2, 0) is 14.8 Å². The summed E-state index contributed by atoms with van der Waals surface area (Å²) in [6.45, 7) is 4.27. The van der Waals surface area contributed by atoms with Crippen LogP contribution in [0.5, 0.6) is 11.5 Å². The smallest absolute Gasteiger partial charge is 0.409 e. The number of ether oxygens (including phenoxy) is 3. The largest absolute Gasteiger partial charge is 0.486 e. The molecule has 0 N–H and O–H groups in total. The van der Waals surface area contributed by atoms with E-state index in [1.807, 2.05) is 0 Å². The molecule has 0 radical (unpaired) electrons. The van der Waals surface area contributed by atoms with Crippen LogP contribution in [0.4, 0.5) is 4.79 Å². The van der Waals surface area contributed by atoms with Crippen molar-refractivity contribution in [3.05, 3.63) is 18.2 Å². The second-order valence-electron chi connectivity index (χ2n) is 5.75. The number of hydrogen-bond donors (Lipinski definition) is 0. The van der Waals surface area contributed by atoms with Gasteiger partial charge < -0.3 is 19.1 Å². The third-order valence-electron chi connectivity index (χ3n) is 4.13. The summed E-state index contributed by atoms with van der Waals surface area (Å²) in [7, 11) is -3.66. The molecule has 1 saturated heterocycles. The number of rotatable bonds is 3. The monoisotopic (exact) mass is 370 g/mol. The van der Waals surface area contributed by atoms with Crippen LogP contribution < -0.4 is 9.47 Å². The first-order valence-electron chi connectivity index (χ1n) is 8.34. The highest BCUT2D eigenvalue weighted by Gasteiger charge is 2.29. The van der Waals surface area contributed by atoms with Crippen molar-refractivity contribution in [3.63, 3.8) is 0 Å². The molecule has 1 aromatic carbocycles. The zero-order valence-electron chi connectivity index (χ0n) is 14.1. The van der Waals surface area contributed by atoms with Gasteiger partial charge in [-0.25, -0.2) is 13.2 Å². The molecular formula is C16H22N2O6S. The maximum Gasteiger partial charge on any atom is 0.409 e. The van der Waals surface area contributed by atoms with Crippen LogP contribution in [0.1, 0.15) is 13.3 Å². The van der Waals surface area contributed by atoms with E-state index in [1.54, 1.807) is 17.9 Å². The predicted molar refractivity (Wildman–Crippen MR) is 89.4 cm³/mol. The zero-order chi connectivity index (χ0) is 17.9. The molecular weight excluding hydrogens is 348 g/mol. The maximum atomic E-state index is 12.9. The van der Waals surface area contributed by atoms with Gasteiger partial charge in [0.1, 0.15) is 13.2 Å². The first-order chi connectivity index (χ1) is 12.0. The Balaban J connectivity index is 1.75. The third kappa shape index (κ3) is 3.82. The summed E-state index contributed by atoms with van der Waals surface area (Å²) in [4.78, 5) is 13.6. The third-order valence-corrected chi connectivity index (χ3v) is 6.03. The average molecular weight is 370 g/mol. The van der Waals surface area contributed by atoms with Crippen molar-refractivity contribution in [3.8, 4) is 11.5 Å². The Morgan fingerprint density at radius 1 is 1.12 bits per heavy atom. The fraction of sp³-hybridized carbons (Fsp3) is 0.562. The van der Waals surface area contributed by atoms with E-state index >= 15 is 0 Å². The van der Waals surface area contributed by atoms with Crippen LogP contribution in [0.25, 0.3) is 0 Å². The minimum absolute atomic E-state index is 0.168. The molecule has 2 aliphatic rings. The molecule has 0 aromatic heterocycles. The summed E-state index contributed by atoms with van der Waals surface area (Å²) >= 11 is 0. The standard InChI is InChI=1S/C16H22N2O6S/c1-2-22-16(19)17-6-3-7-18(9-8-17)25(20,21)13-4-5-14-15(12-13)24-11-10-23-14/h4-5,12H,2-3,6-11H2,1H3. The maximum absolute atomic E-state index is 12.9. The number of carbonyl (C=O) groups is 1. The highest BCUT2D eigenvalue weighted by molar-refractivity contribution is 7.89. The summed E-state index contributed by atoms with van der Waals surface area (Å²) < 4.78 is 43.1. The topological polar surface area (TPSA) is 85.4 Å². The number of fused-ring (bicyclic) bond motifs is 1. The number of carbonyl (C=O) groups excluding carboxylic acids is 1. The van der Waals surface area contributed by atoms with E-state index in [0.717, 1.165) is 0 Å². The Bertz CT molecular complexity index is 736. The second kappa shape index (κ2) is 7.49. The molecule has 0 unspecified atom stereocenters. The lowest BCUT2D eigenvalue weighted by atomic mass is 10.3. The lowest BCUT2D eigenvalue weighted by molar-refractivity contribution is 0.109. The lowest BCUT2D eigenvalue weighted by Gasteiger charge is -2.23. The SMILES string of the molecule is CCOC(=O)N1CCCN(S(=O)(=O)c2ccc3c(c2)OCCO3)CC1. The van der Waals surface area contributed by atoms with Crippen LogP contribution in [0, 0.1) is 0 Å². The summed E-state index contributed by atoms with van der Waals surface area (Å²) in [6.07, 6.45) is 0.156. The van der Waals surface area contributed by atoms with Gasteiger partial charge in [-0.15, -0.1) is 0 Å². The van der Waals surface area contributed by atoms with Crippen molar-refractivity contribution in [1.29, 1.82) is 0 Å². The summed E-state index contributed by atoms with van der Waals surface area (Å²) in [5, 5.41) is 0. The molecule has 1 aromatic rings. The van der Waals surface area contributed by atoms with Crippen molar-refractivity contribution in [2.45, 2.75) is 18.2 Å². The van der Waals surface area contributed by atoms with Gasteiger partial charge in [-0.2, -0.15) is 4.31 Å². The molecule has 2 aliphatic heterocycles. The van der Waals surface area contributed by atoms with E-state index in [1.165, 1.54) is 16.4 Å². The van der Waals surface area contributed by atoms with Gasteiger partial charge in [0.05, 0.1) is 11.5 Å². The van der Waals surface area contributed by atoms with Crippen molar-refractivity contribution < 1.29 is 27.4 Å². The number of hydrogen-bond acceptors (Lipinski definition) is 6. The van der Waals surface area contributed by atoms with E-state index in [-0.39, 0.29) is 11.4 Å². The van der Waals surface area contributed by atoms with Gasteiger partial charge in [0, 0.05) is 32.2 Å². The first kappa shape index (κ1) is 17.8. The zero-order valence-corrected chi connectivity index (χ0v) is 15.0. The summed E-state index contributed by atoms with van der Waals surface area (Å²) in [6, 6.07) is 4.64. The van der Waals surface area contributed by atoms with Gasteiger partial charge >= 0.3 is 6.09 Å². The van der Waals surface area contributed by atoms with Crippen molar-refractivity contribution in [2.75, 3.05) is 46.0 Å². The van der Waals surface area contributed by atoms with Crippen LogP contribution in [0.3, 0.4) is 0 Å². The minimum atomic E-state index is -3.66. The Hall–Kier alpha value is -2.00. The first-order valence-corrected chi connectivity index (χ1v) is 9.78. The van der Waals surface area contributed by atoms with Gasteiger partial charge in [-0.3, -0.25) is 0 Å². The van der Waals surface area contributed by atoms with E-state index in [2.05, 4.69) is 0 Å². The molecule has 8 nitrogen and oxygen atoms in total. The van der Waals surface area contributed by atoms with Crippen molar-refractivity contribution >= 4 is 16.1 Å². The quantitative estimate of drug-likeness (QED) is 0.798. The Morgan fingerprint density at radius 2 is 1.88 bits per heavy atom. The van der Waals surface area contributed by atoms with Crippen LogP contribution in [-0.4, -0.2) is 69.7 Å². The minimum Gasteiger partial charge on any atom is -0.486 e. The fourth-order valence-electron chi connectivity index (χ4n) is 2.86. The molecule has 1 amide bonds. The van der Waals surface area contributed by atoms with E-state index in [4.69, 9.17) is 14.2 Å². The molecule has 1 fully saturated rings. The normalized spacial score (nSPS) is 18.5. The molecule has 0 atom stereocenters. The molecule has 138 valence electrons. The van der Waals surface area contributed by atoms with Crippen LogP contribution in [0.15, 0.2) is 23.1 Å². The Labute approximate surface area is 147 Å². The van der Waals surface area contributed by atoms with Crippen molar-refractivity contribution in [1.82, 2.24) is 9.21 Å². The number of sulfonamides is 1. The van der Waals surface area contributed by atoms with Crippen LogP contribution >= 0.6 is 0 Å². The van der Waals surface area contributed by atoms with Gasteiger partial charge in [-0.1, -0.05) is 0 Å². The van der Waals surface area contributed by atoms with Gasteiger partial charge in [-0.05, 0) is 25.5 Å². The molecule has 0 bridgehead atoms. The van der Waals surface area contributed by atoms with E-state index < -0.39 is 16.1 Å². The van der Waals surface area contributed by atoms with Gasteiger partial charge in [0.2, 0.25) is 10.0 Å². The van der Waals surface area contributed by atoms with Gasteiger partial charge in [0.15, 0.2) is 11.5 Å². The molecule has 0 spiro atoms. The summed E-state index contributed by atoms with van der Waals surface area (Å²) in [5.74, 6) is 0.991. The number of benzene rings is 1. The lowest BCUT2D eigenvalue weighted by Crippen LogP contribution is -2.37. The molecule has 2 heterocycles. The highest BCUT2D eigenvalue weighted by Crippen LogP contribution is 2.33. The van der Waals surface area contributed by atoms with Gasteiger partial charge in [0.25, 0.3) is 0 Å². The highest BCUT2D eigenvalue weighted by atomic mass is 32.2. The predicted octanol–water partition coefficient (Wildman–Crippen LogP) is 1.31. The molecule has 25 heavy (non-hydrogen) atoms. The fourth-order valence-corrected chi connectivity index (χ4v) is 4.35. The van der Waals surface area contributed by atoms with Crippen molar-refractivity contribution in [2.24, 2.45) is 0 Å². The van der Waals surface area contributed by atoms with E-state index in [9.17, 15) is 13.2 Å².